The first-order chi connectivity index (χ1) is 7.59. The molecule has 3 rings (SSSR count). The molecule has 2 bridgehead atoms. The number of fused-ring (bicyclic) bond motifs is 2. The molecule has 90 valence electrons. The molecule has 0 spiro atoms. The van der Waals surface area contributed by atoms with E-state index in [9.17, 15) is 4.79 Å². The number of likely N-dealkylation sites (tertiary alicyclic amines) is 1. The summed E-state index contributed by atoms with van der Waals surface area (Å²) in [5.74, 6) is 1.21. The predicted molar refractivity (Wildman–Crippen MR) is 64.3 cm³/mol. The van der Waals surface area contributed by atoms with Gasteiger partial charge >= 0.3 is 0 Å². The number of piperidine rings is 1. The van der Waals surface area contributed by atoms with Crippen molar-refractivity contribution in [2.24, 2.45) is 11.3 Å². The molecule has 1 saturated heterocycles. The first-order valence-corrected chi connectivity index (χ1v) is 6.87. The second-order valence-corrected chi connectivity index (χ2v) is 6.49. The van der Waals surface area contributed by atoms with Crippen molar-refractivity contribution in [1.29, 1.82) is 0 Å². The van der Waals surface area contributed by atoms with Gasteiger partial charge in [0.15, 0.2) is 5.78 Å². The van der Waals surface area contributed by atoms with Crippen LogP contribution in [0.2, 0.25) is 0 Å². The van der Waals surface area contributed by atoms with E-state index in [1.165, 1.54) is 25.7 Å². The Balaban J connectivity index is 1.97. The summed E-state index contributed by atoms with van der Waals surface area (Å²) in [7, 11) is 0. The summed E-state index contributed by atoms with van der Waals surface area (Å²) in [6, 6.07) is 0. The number of ketones is 1. The van der Waals surface area contributed by atoms with Crippen molar-refractivity contribution in [1.82, 2.24) is 4.90 Å². The lowest BCUT2D eigenvalue weighted by Gasteiger charge is -2.47. The molecule has 0 aromatic rings. The smallest absolute Gasteiger partial charge is 0.153 e. The standard InChI is InChI=1S/C14H23NO/c1-13(2)11-6-7-14(13,12(16)10-11)15-8-4-3-5-9-15/h11H,3-10H2,1-2H3/t11?,14-/m1/s1. The predicted octanol–water partition coefficient (Wildman–Crippen LogP) is 2.62. The van der Waals surface area contributed by atoms with Crippen molar-refractivity contribution in [2.45, 2.75) is 57.9 Å². The van der Waals surface area contributed by atoms with Crippen molar-refractivity contribution >= 4 is 5.78 Å². The molecule has 2 heteroatoms. The first kappa shape index (κ1) is 10.8. The number of carbonyl (C=O) groups is 1. The van der Waals surface area contributed by atoms with Gasteiger partial charge in [-0.3, -0.25) is 9.69 Å². The summed E-state index contributed by atoms with van der Waals surface area (Å²) in [6.45, 7) is 6.98. The van der Waals surface area contributed by atoms with Crippen LogP contribution in [0.15, 0.2) is 0 Å². The fourth-order valence-corrected chi connectivity index (χ4v) is 4.67. The fraction of sp³-hybridized carbons (Fsp3) is 0.929. The lowest BCUT2D eigenvalue weighted by atomic mass is 9.74. The van der Waals surface area contributed by atoms with E-state index in [0.717, 1.165) is 25.9 Å². The summed E-state index contributed by atoms with van der Waals surface area (Å²) >= 11 is 0. The maximum absolute atomic E-state index is 12.4. The number of Topliss-reactive ketones (excluding diaryl/α,β-unsaturated/α-hetero) is 1. The second-order valence-electron chi connectivity index (χ2n) is 6.49. The van der Waals surface area contributed by atoms with E-state index in [4.69, 9.17) is 0 Å². The molecule has 2 aliphatic carbocycles. The minimum atomic E-state index is -0.0713. The highest BCUT2D eigenvalue weighted by molar-refractivity contribution is 5.93. The second kappa shape index (κ2) is 3.32. The summed E-state index contributed by atoms with van der Waals surface area (Å²) in [4.78, 5) is 15.0. The molecule has 1 heterocycles. The monoisotopic (exact) mass is 221 g/mol. The van der Waals surface area contributed by atoms with Gasteiger partial charge in [-0.05, 0) is 50.1 Å². The van der Waals surface area contributed by atoms with E-state index >= 15 is 0 Å². The highest BCUT2D eigenvalue weighted by Gasteiger charge is 2.66. The molecule has 0 amide bonds. The molecule has 2 saturated carbocycles. The number of rotatable bonds is 1. The highest BCUT2D eigenvalue weighted by atomic mass is 16.1. The Hall–Kier alpha value is -0.370. The van der Waals surface area contributed by atoms with E-state index in [-0.39, 0.29) is 11.0 Å². The van der Waals surface area contributed by atoms with Crippen LogP contribution in [-0.4, -0.2) is 29.3 Å². The van der Waals surface area contributed by atoms with Crippen LogP contribution < -0.4 is 0 Å². The van der Waals surface area contributed by atoms with Gasteiger partial charge in [0, 0.05) is 6.42 Å². The Morgan fingerprint density at radius 1 is 1.19 bits per heavy atom. The third kappa shape index (κ3) is 1.09. The Labute approximate surface area is 98.4 Å². The molecule has 2 nitrogen and oxygen atoms in total. The lowest BCUT2D eigenvalue weighted by molar-refractivity contribution is -0.133. The van der Waals surface area contributed by atoms with Gasteiger partial charge in [0.2, 0.25) is 0 Å². The van der Waals surface area contributed by atoms with Gasteiger partial charge in [0.1, 0.15) is 0 Å². The minimum Gasteiger partial charge on any atom is -0.298 e. The quantitative estimate of drug-likeness (QED) is 0.678. The molecule has 3 fully saturated rings. The van der Waals surface area contributed by atoms with E-state index in [1.807, 2.05) is 0 Å². The van der Waals surface area contributed by atoms with Gasteiger partial charge in [-0.1, -0.05) is 20.3 Å². The van der Waals surface area contributed by atoms with Crippen LogP contribution in [-0.2, 0) is 4.79 Å². The molecule has 1 aliphatic heterocycles. The SMILES string of the molecule is CC1(C)C2CC[C@@]1(N1CCCCC1)C(=O)C2. The molecule has 3 aliphatic rings. The Morgan fingerprint density at radius 3 is 2.38 bits per heavy atom. The molecule has 1 unspecified atom stereocenters. The van der Waals surface area contributed by atoms with Crippen molar-refractivity contribution in [3.63, 3.8) is 0 Å². The van der Waals surface area contributed by atoms with Crippen LogP contribution in [0.4, 0.5) is 0 Å². The average molecular weight is 221 g/mol. The number of nitrogens with zero attached hydrogens (tertiary/aromatic N) is 1. The zero-order chi connectivity index (χ0) is 11.4. The number of carbonyl (C=O) groups excluding carboxylic acids is 1. The van der Waals surface area contributed by atoms with Crippen LogP contribution in [0.5, 0.6) is 0 Å². The third-order valence-electron chi connectivity index (χ3n) is 5.73. The summed E-state index contributed by atoms with van der Waals surface area (Å²) < 4.78 is 0. The third-order valence-corrected chi connectivity index (χ3v) is 5.73. The first-order valence-electron chi connectivity index (χ1n) is 6.87. The van der Waals surface area contributed by atoms with Crippen LogP contribution >= 0.6 is 0 Å². The molecule has 0 aromatic carbocycles. The molecular weight excluding hydrogens is 198 g/mol. The minimum absolute atomic E-state index is 0.0713. The molecule has 0 N–H and O–H groups in total. The van der Waals surface area contributed by atoms with E-state index in [1.54, 1.807) is 0 Å². The maximum atomic E-state index is 12.4. The van der Waals surface area contributed by atoms with Gasteiger partial charge < -0.3 is 0 Å². The molecule has 16 heavy (non-hydrogen) atoms. The van der Waals surface area contributed by atoms with Crippen molar-refractivity contribution < 1.29 is 4.79 Å². The van der Waals surface area contributed by atoms with Crippen molar-refractivity contribution in [3.05, 3.63) is 0 Å². The maximum Gasteiger partial charge on any atom is 0.153 e. The van der Waals surface area contributed by atoms with Gasteiger partial charge in [0.25, 0.3) is 0 Å². The summed E-state index contributed by atoms with van der Waals surface area (Å²) in [5, 5.41) is 0. The van der Waals surface area contributed by atoms with Gasteiger partial charge in [-0.15, -0.1) is 0 Å². The van der Waals surface area contributed by atoms with Crippen LogP contribution in [0, 0.1) is 11.3 Å². The van der Waals surface area contributed by atoms with E-state index < -0.39 is 0 Å². The Bertz CT molecular complexity index is 317. The van der Waals surface area contributed by atoms with E-state index in [2.05, 4.69) is 18.7 Å². The molecule has 0 aromatic heterocycles. The van der Waals surface area contributed by atoms with Gasteiger partial charge in [-0.25, -0.2) is 0 Å². The zero-order valence-electron chi connectivity index (χ0n) is 10.6. The topological polar surface area (TPSA) is 20.3 Å². The van der Waals surface area contributed by atoms with E-state index in [0.29, 0.717) is 11.7 Å². The fourth-order valence-electron chi connectivity index (χ4n) is 4.67. The highest BCUT2D eigenvalue weighted by Crippen LogP contribution is 2.61. The average Bonchev–Trinajstić information content (AvgIpc) is 2.64. The molecule has 0 radical (unpaired) electrons. The summed E-state index contributed by atoms with van der Waals surface area (Å²) in [5.41, 5.74) is 0.152. The zero-order valence-corrected chi connectivity index (χ0v) is 10.6. The van der Waals surface area contributed by atoms with Crippen LogP contribution in [0.1, 0.15) is 52.4 Å². The largest absolute Gasteiger partial charge is 0.298 e. The Morgan fingerprint density at radius 2 is 1.88 bits per heavy atom. The summed E-state index contributed by atoms with van der Waals surface area (Å²) in [6.07, 6.45) is 7.18. The normalized spacial score (nSPS) is 42.9. The lowest BCUT2D eigenvalue weighted by Crippen LogP contribution is -2.59. The van der Waals surface area contributed by atoms with Gasteiger partial charge in [0.05, 0.1) is 5.54 Å². The molecular formula is C14H23NO. The van der Waals surface area contributed by atoms with Crippen LogP contribution in [0.25, 0.3) is 0 Å². The van der Waals surface area contributed by atoms with Crippen molar-refractivity contribution in [2.75, 3.05) is 13.1 Å². The number of hydrogen-bond donors (Lipinski definition) is 0. The van der Waals surface area contributed by atoms with Gasteiger partial charge in [-0.2, -0.15) is 0 Å². The Kier molecular flexibility index (Phi) is 2.23. The van der Waals surface area contributed by atoms with Crippen LogP contribution in [0.3, 0.4) is 0 Å². The number of hydrogen-bond acceptors (Lipinski definition) is 2. The van der Waals surface area contributed by atoms with Crippen molar-refractivity contribution in [3.8, 4) is 0 Å². The molecule has 2 atom stereocenters.